The van der Waals surface area contributed by atoms with E-state index in [1.54, 1.807) is 24.3 Å². The topological polar surface area (TPSA) is 79.6 Å². The van der Waals surface area contributed by atoms with Gasteiger partial charge in [0, 0.05) is 6.54 Å². The number of hydrogen-bond acceptors (Lipinski definition) is 4. The van der Waals surface area contributed by atoms with Gasteiger partial charge in [-0.3, -0.25) is 4.79 Å². The number of rotatable bonds is 9. The fraction of sp³-hybridized carbons (Fsp3) is 0.261. The Kier molecular flexibility index (Phi) is 7.60. The molecule has 0 aliphatic heterocycles. The number of nitrogens with zero attached hydrogens (tertiary/aromatic N) is 1. The van der Waals surface area contributed by atoms with E-state index in [2.05, 4.69) is 5.32 Å². The summed E-state index contributed by atoms with van der Waals surface area (Å²) in [7, 11) is -3.98. The Balaban J connectivity index is 1.64. The van der Waals surface area contributed by atoms with Crippen LogP contribution in [0.1, 0.15) is 22.5 Å². The van der Waals surface area contributed by atoms with Crippen LogP contribution < -0.4 is 5.32 Å². The number of carbonyl (C=O) groups is 1. The van der Waals surface area contributed by atoms with E-state index in [1.165, 1.54) is 30.5 Å². The second-order valence-electron chi connectivity index (χ2n) is 7.46. The molecule has 1 heterocycles. The van der Waals surface area contributed by atoms with Crippen molar-refractivity contribution in [2.45, 2.75) is 31.0 Å². The van der Waals surface area contributed by atoms with Gasteiger partial charge < -0.3 is 9.73 Å². The number of amides is 1. The molecule has 0 aliphatic rings. The molecule has 0 atom stereocenters. The lowest BCUT2D eigenvalue weighted by atomic mass is 10.1. The van der Waals surface area contributed by atoms with Crippen molar-refractivity contribution in [3.05, 3.63) is 89.4 Å². The van der Waals surface area contributed by atoms with E-state index in [0.29, 0.717) is 17.7 Å². The predicted octanol–water partition coefficient (Wildman–Crippen LogP) is 4.16. The van der Waals surface area contributed by atoms with Crippen LogP contribution in [0.2, 0.25) is 0 Å². The van der Waals surface area contributed by atoms with Crippen molar-refractivity contribution in [3.63, 3.8) is 0 Å². The van der Waals surface area contributed by atoms with Gasteiger partial charge in [-0.2, -0.15) is 17.5 Å². The first-order valence-electron chi connectivity index (χ1n) is 10.1. The highest BCUT2D eigenvalue weighted by atomic mass is 32.2. The van der Waals surface area contributed by atoms with Gasteiger partial charge >= 0.3 is 6.18 Å². The molecule has 3 rings (SSSR count). The number of nitrogens with one attached hydrogen (secondary N) is 1. The largest absolute Gasteiger partial charge is 0.468 e. The molecule has 1 N–H and O–H groups in total. The highest BCUT2D eigenvalue weighted by molar-refractivity contribution is 7.89. The summed E-state index contributed by atoms with van der Waals surface area (Å²) in [6.07, 6.45) is -2.70. The lowest BCUT2D eigenvalue weighted by Gasteiger charge is -2.21. The van der Waals surface area contributed by atoms with Crippen molar-refractivity contribution >= 4 is 15.9 Å². The highest BCUT2D eigenvalue weighted by Crippen LogP contribution is 2.29. The summed E-state index contributed by atoms with van der Waals surface area (Å²) < 4.78 is 70.5. The molecule has 1 amide bonds. The predicted molar refractivity (Wildman–Crippen MR) is 116 cm³/mol. The number of sulfonamides is 1. The molecular formula is C23H23F3N2O4S. The molecule has 0 saturated carbocycles. The minimum absolute atomic E-state index is 0.0530. The van der Waals surface area contributed by atoms with E-state index in [9.17, 15) is 26.4 Å². The molecule has 0 fully saturated rings. The zero-order valence-corrected chi connectivity index (χ0v) is 18.6. The Morgan fingerprint density at radius 2 is 1.70 bits per heavy atom. The van der Waals surface area contributed by atoms with Crippen LogP contribution in [0.25, 0.3) is 0 Å². The van der Waals surface area contributed by atoms with E-state index in [-0.39, 0.29) is 18.0 Å². The molecular weight excluding hydrogens is 457 g/mol. The van der Waals surface area contributed by atoms with Gasteiger partial charge in [0.1, 0.15) is 5.76 Å². The molecule has 176 valence electrons. The average molecular weight is 481 g/mol. The van der Waals surface area contributed by atoms with Gasteiger partial charge in [0.2, 0.25) is 15.9 Å². The molecule has 6 nitrogen and oxygen atoms in total. The molecule has 33 heavy (non-hydrogen) atoms. The molecule has 0 unspecified atom stereocenters. The molecule has 2 aromatic carbocycles. The van der Waals surface area contributed by atoms with Gasteiger partial charge in [-0.05, 0) is 55.3 Å². The summed E-state index contributed by atoms with van der Waals surface area (Å²) in [5.74, 6) is -0.160. The lowest BCUT2D eigenvalue weighted by molar-refractivity contribution is -0.137. The highest BCUT2D eigenvalue weighted by Gasteiger charge is 2.30. The Bertz CT molecular complexity index is 1160. The first kappa shape index (κ1) is 24.5. The molecule has 0 aliphatic carbocycles. The van der Waals surface area contributed by atoms with Crippen molar-refractivity contribution in [1.82, 2.24) is 9.62 Å². The third-order valence-electron chi connectivity index (χ3n) is 4.91. The molecule has 0 spiro atoms. The Labute approximate surface area is 190 Å². The lowest BCUT2D eigenvalue weighted by Crippen LogP contribution is -2.40. The van der Waals surface area contributed by atoms with Crippen LogP contribution in [0.4, 0.5) is 13.2 Å². The summed E-state index contributed by atoms with van der Waals surface area (Å²) in [6.45, 7) is 1.41. The number of benzene rings is 2. The summed E-state index contributed by atoms with van der Waals surface area (Å²) in [4.78, 5) is 12.5. The van der Waals surface area contributed by atoms with E-state index >= 15 is 0 Å². The van der Waals surface area contributed by atoms with Gasteiger partial charge in [-0.1, -0.05) is 29.8 Å². The Morgan fingerprint density at radius 3 is 2.27 bits per heavy atom. The van der Waals surface area contributed by atoms with E-state index in [4.69, 9.17) is 4.42 Å². The fourth-order valence-electron chi connectivity index (χ4n) is 3.08. The van der Waals surface area contributed by atoms with Crippen molar-refractivity contribution in [2.75, 3.05) is 13.1 Å². The second kappa shape index (κ2) is 10.2. The normalized spacial score (nSPS) is 12.2. The van der Waals surface area contributed by atoms with Crippen LogP contribution in [0.5, 0.6) is 0 Å². The zero-order chi connectivity index (χ0) is 24.1. The van der Waals surface area contributed by atoms with E-state index < -0.39 is 34.2 Å². The van der Waals surface area contributed by atoms with Crippen molar-refractivity contribution in [1.29, 1.82) is 0 Å². The average Bonchev–Trinajstić information content (AvgIpc) is 3.26. The molecule has 0 bridgehead atoms. The van der Waals surface area contributed by atoms with Crippen LogP contribution in [0, 0.1) is 6.92 Å². The maximum Gasteiger partial charge on any atom is 0.416 e. The monoisotopic (exact) mass is 480 g/mol. The van der Waals surface area contributed by atoms with Crippen molar-refractivity contribution in [3.8, 4) is 0 Å². The molecule has 0 radical (unpaired) electrons. The zero-order valence-electron chi connectivity index (χ0n) is 17.8. The summed E-state index contributed by atoms with van der Waals surface area (Å²) >= 11 is 0. The van der Waals surface area contributed by atoms with Crippen LogP contribution in [0.15, 0.2) is 76.2 Å². The van der Waals surface area contributed by atoms with Crippen molar-refractivity contribution < 1.29 is 30.8 Å². The van der Waals surface area contributed by atoms with Crippen LogP contribution in [-0.2, 0) is 34.0 Å². The minimum Gasteiger partial charge on any atom is -0.468 e. The summed E-state index contributed by atoms with van der Waals surface area (Å²) in [5, 5.41) is 2.62. The van der Waals surface area contributed by atoms with Gasteiger partial charge in [-0.15, -0.1) is 0 Å². The van der Waals surface area contributed by atoms with Crippen LogP contribution in [0.3, 0.4) is 0 Å². The Morgan fingerprint density at radius 1 is 1.03 bits per heavy atom. The number of carbonyl (C=O) groups excluding carboxylic acids is 1. The molecule has 3 aromatic rings. The minimum atomic E-state index is -4.41. The van der Waals surface area contributed by atoms with E-state index in [0.717, 1.165) is 22.0 Å². The van der Waals surface area contributed by atoms with Gasteiger partial charge in [0.15, 0.2) is 0 Å². The fourth-order valence-corrected chi connectivity index (χ4v) is 4.45. The molecule has 10 heteroatoms. The maximum atomic E-state index is 13.1. The number of alkyl halides is 3. The number of halogens is 3. The third kappa shape index (κ3) is 6.69. The number of furan rings is 1. The maximum absolute atomic E-state index is 13.1. The number of hydrogen-bond donors (Lipinski definition) is 1. The van der Waals surface area contributed by atoms with Crippen LogP contribution in [-0.4, -0.2) is 31.7 Å². The molecule has 0 saturated heterocycles. The smallest absolute Gasteiger partial charge is 0.416 e. The number of aryl methyl sites for hydroxylation is 1. The summed E-state index contributed by atoms with van der Waals surface area (Å²) in [5.41, 5.74) is 0.765. The van der Waals surface area contributed by atoms with Gasteiger partial charge in [0.05, 0.1) is 29.8 Å². The molecule has 1 aromatic heterocycles. The SMILES string of the molecule is Cc1ccc(S(=O)(=O)N(CC(=O)NCCc2ccc(C(F)(F)F)cc2)Cc2ccco2)cc1. The summed E-state index contributed by atoms with van der Waals surface area (Å²) in [6, 6.07) is 14.2. The second-order valence-corrected chi connectivity index (χ2v) is 9.40. The standard InChI is InChI=1S/C23H23F3N2O4S/c1-17-4-10-21(11-5-17)33(30,31)28(15-20-3-2-14-32-20)16-22(29)27-13-12-18-6-8-19(9-7-18)23(24,25)26/h2-11,14H,12-13,15-16H2,1H3,(H,27,29). The quantitative estimate of drug-likeness (QED) is 0.499. The third-order valence-corrected chi connectivity index (χ3v) is 6.71. The van der Waals surface area contributed by atoms with Gasteiger partial charge in [-0.25, -0.2) is 8.42 Å². The van der Waals surface area contributed by atoms with Crippen LogP contribution >= 0.6 is 0 Å². The van der Waals surface area contributed by atoms with Gasteiger partial charge in [0.25, 0.3) is 0 Å². The Hall–Kier alpha value is -3.11. The first-order valence-corrected chi connectivity index (χ1v) is 11.5. The van der Waals surface area contributed by atoms with Crippen molar-refractivity contribution in [2.24, 2.45) is 0 Å². The first-order chi connectivity index (χ1) is 15.6. The van der Waals surface area contributed by atoms with E-state index in [1.807, 2.05) is 6.92 Å².